The molecule has 0 aliphatic carbocycles. The average Bonchev–Trinajstić information content (AvgIpc) is 3.08. The monoisotopic (exact) mass is 372 g/mol. The molecule has 0 amide bonds. The number of nitrogens with one attached hydrogen (secondary N) is 1. The first-order valence-corrected chi connectivity index (χ1v) is 10.5. The van der Waals surface area contributed by atoms with Crippen molar-refractivity contribution in [1.82, 2.24) is 10.2 Å². The van der Waals surface area contributed by atoms with Crippen LogP contribution >= 0.6 is 23.4 Å². The molecule has 132 valence electrons. The molecule has 0 spiro atoms. The first-order chi connectivity index (χ1) is 12.3. The van der Waals surface area contributed by atoms with Crippen LogP contribution in [-0.4, -0.2) is 31.1 Å². The molecule has 1 N–H and O–H groups in total. The van der Waals surface area contributed by atoms with Crippen molar-refractivity contribution in [3.8, 4) is 0 Å². The number of hydrogen-bond acceptors (Lipinski definition) is 3. The first-order valence-electron chi connectivity index (χ1n) is 9.30. The molecule has 4 heteroatoms. The number of halogens is 1. The van der Waals surface area contributed by atoms with Gasteiger partial charge in [-0.15, -0.1) is 0 Å². The fourth-order valence-corrected chi connectivity index (χ4v) is 5.20. The van der Waals surface area contributed by atoms with Crippen LogP contribution in [0.1, 0.15) is 36.4 Å². The highest BCUT2D eigenvalue weighted by atomic mass is 35.5. The van der Waals surface area contributed by atoms with Crippen molar-refractivity contribution in [2.45, 2.75) is 41.5 Å². The van der Waals surface area contributed by atoms with Crippen molar-refractivity contribution < 1.29 is 0 Å². The van der Waals surface area contributed by atoms with E-state index >= 15 is 0 Å². The van der Waals surface area contributed by atoms with Gasteiger partial charge < -0.3 is 10.2 Å². The zero-order valence-corrected chi connectivity index (χ0v) is 16.1. The van der Waals surface area contributed by atoms with Gasteiger partial charge in [-0.05, 0) is 87.3 Å². The summed E-state index contributed by atoms with van der Waals surface area (Å²) in [4.78, 5) is 5.28. The van der Waals surface area contributed by atoms with Crippen LogP contribution < -0.4 is 5.32 Å². The Labute approximate surface area is 159 Å². The van der Waals surface area contributed by atoms with Crippen molar-refractivity contribution in [2.75, 3.05) is 26.2 Å². The molecule has 25 heavy (non-hydrogen) atoms. The standard InChI is InChI=1S/C21H25ClN2S/c22-17-8-9-20-16(14-17)15-19(18-6-1-2-7-21(18)25-20)23-10-5-13-24-11-3-4-12-24/h1-2,6-9,14,19,23H,3-5,10-13,15H2. The van der Waals surface area contributed by atoms with Crippen molar-refractivity contribution in [1.29, 1.82) is 0 Å². The second-order valence-electron chi connectivity index (χ2n) is 7.01. The highest BCUT2D eigenvalue weighted by Crippen LogP contribution is 2.41. The Bertz CT molecular complexity index is 728. The largest absolute Gasteiger partial charge is 0.310 e. The fraction of sp³-hybridized carbons (Fsp3) is 0.429. The number of benzene rings is 2. The van der Waals surface area contributed by atoms with E-state index in [1.165, 1.54) is 59.8 Å². The molecule has 0 saturated carbocycles. The van der Waals surface area contributed by atoms with Crippen LogP contribution in [0.4, 0.5) is 0 Å². The van der Waals surface area contributed by atoms with Gasteiger partial charge >= 0.3 is 0 Å². The lowest BCUT2D eigenvalue weighted by Gasteiger charge is -2.21. The summed E-state index contributed by atoms with van der Waals surface area (Å²) in [6.45, 7) is 4.86. The molecule has 0 aromatic heterocycles. The molecule has 2 heterocycles. The summed E-state index contributed by atoms with van der Waals surface area (Å²) in [5.41, 5.74) is 2.77. The number of likely N-dealkylation sites (tertiary alicyclic amines) is 1. The summed E-state index contributed by atoms with van der Waals surface area (Å²) in [6, 6.07) is 15.5. The molecule has 1 fully saturated rings. The molecule has 1 atom stereocenters. The predicted octanol–water partition coefficient (Wildman–Crippen LogP) is 5.16. The van der Waals surface area contributed by atoms with Gasteiger partial charge in [-0.2, -0.15) is 0 Å². The second-order valence-corrected chi connectivity index (χ2v) is 8.53. The minimum atomic E-state index is 0.363. The van der Waals surface area contributed by atoms with Gasteiger partial charge in [0.15, 0.2) is 0 Å². The van der Waals surface area contributed by atoms with E-state index in [0.717, 1.165) is 18.0 Å². The zero-order chi connectivity index (χ0) is 17.1. The van der Waals surface area contributed by atoms with E-state index in [0.29, 0.717) is 6.04 Å². The highest BCUT2D eigenvalue weighted by Gasteiger charge is 2.22. The summed E-state index contributed by atoms with van der Waals surface area (Å²) in [5.74, 6) is 0. The van der Waals surface area contributed by atoms with E-state index in [2.05, 4.69) is 46.6 Å². The summed E-state index contributed by atoms with van der Waals surface area (Å²) in [7, 11) is 0. The van der Waals surface area contributed by atoms with Crippen LogP contribution in [0, 0.1) is 0 Å². The minimum Gasteiger partial charge on any atom is -0.310 e. The third-order valence-corrected chi connectivity index (χ3v) is 6.65. The smallest absolute Gasteiger partial charge is 0.0409 e. The number of nitrogens with zero attached hydrogens (tertiary/aromatic N) is 1. The summed E-state index contributed by atoms with van der Waals surface area (Å²) in [6.07, 6.45) is 4.97. The van der Waals surface area contributed by atoms with E-state index in [4.69, 9.17) is 11.6 Å². The Hall–Kier alpha value is -1.00. The Balaban J connectivity index is 1.47. The van der Waals surface area contributed by atoms with E-state index in [-0.39, 0.29) is 0 Å². The van der Waals surface area contributed by atoms with Crippen molar-refractivity contribution in [3.05, 3.63) is 58.6 Å². The third-order valence-electron chi connectivity index (χ3n) is 5.20. The molecular weight excluding hydrogens is 348 g/mol. The van der Waals surface area contributed by atoms with E-state index in [1.54, 1.807) is 0 Å². The van der Waals surface area contributed by atoms with E-state index in [1.807, 2.05) is 17.8 Å². The van der Waals surface area contributed by atoms with Crippen molar-refractivity contribution in [3.63, 3.8) is 0 Å². The van der Waals surface area contributed by atoms with Crippen molar-refractivity contribution in [2.24, 2.45) is 0 Å². The number of hydrogen-bond donors (Lipinski definition) is 1. The zero-order valence-electron chi connectivity index (χ0n) is 14.5. The summed E-state index contributed by atoms with van der Waals surface area (Å²) in [5, 5.41) is 4.65. The SMILES string of the molecule is Clc1ccc2c(c1)CC(NCCCN1CCCC1)c1ccccc1S2. The van der Waals surface area contributed by atoms with Gasteiger partial charge in [-0.1, -0.05) is 41.6 Å². The number of rotatable bonds is 5. The van der Waals surface area contributed by atoms with Crippen LogP contribution in [0.5, 0.6) is 0 Å². The summed E-state index contributed by atoms with van der Waals surface area (Å²) < 4.78 is 0. The van der Waals surface area contributed by atoms with Crippen LogP contribution in [0.2, 0.25) is 5.02 Å². The molecule has 1 saturated heterocycles. The molecule has 2 aliphatic heterocycles. The first kappa shape index (κ1) is 17.4. The van der Waals surface area contributed by atoms with Crippen LogP contribution in [0.3, 0.4) is 0 Å². The maximum absolute atomic E-state index is 6.25. The molecule has 4 rings (SSSR count). The normalized spacial score (nSPS) is 20.1. The minimum absolute atomic E-state index is 0.363. The fourth-order valence-electron chi connectivity index (χ4n) is 3.88. The van der Waals surface area contributed by atoms with Gasteiger partial charge in [-0.25, -0.2) is 0 Å². The summed E-state index contributed by atoms with van der Waals surface area (Å²) >= 11 is 8.12. The predicted molar refractivity (Wildman–Crippen MR) is 107 cm³/mol. The Kier molecular flexibility index (Phi) is 5.66. The lowest BCUT2D eigenvalue weighted by atomic mass is 9.99. The molecule has 0 bridgehead atoms. The molecule has 2 aromatic rings. The van der Waals surface area contributed by atoms with Gasteiger partial charge in [0.2, 0.25) is 0 Å². The average molecular weight is 373 g/mol. The maximum atomic E-state index is 6.25. The quantitative estimate of drug-likeness (QED) is 0.729. The third kappa shape index (κ3) is 4.22. The van der Waals surface area contributed by atoms with Gasteiger partial charge in [0.05, 0.1) is 0 Å². The molecule has 2 nitrogen and oxygen atoms in total. The van der Waals surface area contributed by atoms with Gasteiger partial charge in [0.1, 0.15) is 0 Å². The van der Waals surface area contributed by atoms with E-state index in [9.17, 15) is 0 Å². The molecule has 0 radical (unpaired) electrons. The highest BCUT2D eigenvalue weighted by molar-refractivity contribution is 7.99. The van der Waals surface area contributed by atoms with Crippen LogP contribution in [-0.2, 0) is 6.42 Å². The molecule has 2 aromatic carbocycles. The maximum Gasteiger partial charge on any atom is 0.0409 e. The van der Waals surface area contributed by atoms with Gasteiger partial charge in [-0.3, -0.25) is 0 Å². The lowest BCUT2D eigenvalue weighted by Crippen LogP contribution is -2.28. The lowest BCUT2D eigenvalue weighted by molar-refractivity contribution is 0.327. The van der Waals surface area contributed by atoms with E-state index < -0.39 is 0 Å². The van der Waals surface area contributed by atoms with Crippen molar-refractivity contribution >= 4 is 23.4 Å². The Morgan fingerprint density at radius 2 is 1.92 bits per heavy atom. The van der Waals surface area contributed by atoms with Gasteiger partial charge in [0.25, 0.3) is 0 Å². The molecule has 2 aliphatic rings. The molecular formula is C21H25ClN2S. The van der Waals surface area contributed by atoms with Crippen LogP contribution in [0.15, 0.2) is 52.3 Å². The number of fused-ring (bicyclic) bond motifs is 2. The topological polar surface area (TPSA) is 15.3 Å². The Morgan fingerprint density at radius 1 is 1.08 bits per heavy atom. The van der Waals surface area contributed by atoms with Gasteiger partial charge in [0, 0.05) is 20.9 Å². The van der Waals surface area contributed by atoms with Crippen LogP contribution in [0.25, 0.3) is 0 Å². The second kappa shape index (κ2) is 8.13. The molecule has 1 unspecified atom stereocenters. The Morgan fingerprint density at radius 3 is 2.80 bits per heavy atom.